The average molecular weight is 607 g/mol. The predicted molar refractivity (Wildman–Crippen MR) is 142 cm³/mol. The molecule has 9 nitrogen and oxygen atoms in total. The smallest absolute Gasteiger partial charge is 0.465 e. The molecule has 2 saturated carbocycles. The number of piperidine rings is 1. The number of halogens is 5. The first kappa shape index (κ1) is 27.9. The van der Waals surface area contributed by atoms with Crippen LogP contribution in [-0.2, 0) is 16.1 Å². The molecule has 228 valence electrons. The molecule has 3 fully saturated rings. The van der Waals surface area contributed by atoms with Gasteiger partial charge in [-0.1, -0.05) is 12.2 Å². The highest BCUT2D eigenvalue weighted by atomic mass is 19.4. The Kier molecular flexibility index (Phi) is 6.54. The van der Waals surface area contributed by atoms with Crippen LogP contribution in [0, 0.1) is 23.5 Å². The number of rotatable bonds is 3. The Hall–Kier alpha value is -3.91. The van der Waals surface area contributed by atoms with Crippen LogP contribution in [-0.4, -0.2) is 64.4 Å². The van der Waals surface area contributed by atoms with E-state index < -0.39 is 47.1 Å². The Morgan fingerprint density at radius 3 is 2.58 bits per heavy atom. The van der Waals surface area contributed by atoms with Crippen LogP contribution in [0.5, 0.6) is 5.75 Å². The fourth-order valence-corrected chi connectivity index (χ4v) is 6.96. The lowest BCUT2D eigenvalue weighted by Crippen LogP contribution is -2.41. The van der Waals surface area contributed by atoms with Crippen LogP contribution in [0.15, 0.2) is 30.5 Å². The summed E-state index contributed by atoms with van der Waals surface area (Å²) in [6, 6.07) is 1.18. The molecule has 0 bridgehead atoms. The van der Waals surface area contributed by atoms with E-state index >= 15 is 4.39 Å². The molecule has 2 aliphatic heterocycles. The summed E-state index contributed by atoms with van der Waals surface area (Å²) in [5, 5.41) is 10.3. The van der Waals surface area contributed by atoms with Gasteiger partial charge in [-0.05, 0) is 42.2 Å². The van der Waals surface area contributed by atoms with Crippen LogP contribution >= 0.6 is 0 Å². The number of nitrogen functional groups attached to an aromatic ring is 1. The molecule has 0 spiro atoms. The molecule has 2 aromatic heterocycles. The Bertz CT molecular complexity index is 1650. The van der Waals surface area contributed by atoms with Gasteiger partial charge in [0.05, 0.1) is 43.5 Å². The molecule has 4 aliphatic rings. The van der Waals surface area contributed by atoms with E-state index in [1.165, 1.54) is 11.1 Å². The van der Waals surface area contributed by atoms with Gasteiger partial charge in [-0.3, -0.25) is 4.98 Å². The molecular weight excluding hydrogens is 579 g/mol. The maximum absolute atomic E-state index is 16.7. The second kappa shape index (κ2) is 10.1. The third kappa shape index (κ3) is 4.76. The number of aromatic nitrogens is 2. The fourth-order valence-electron chi connectivity index (χ4n) is 6.96. The van der Waals surface area contributed by atoms with Crippen molar-refractivity contribution in [2.24, 2.45) is 11.8 Å². The molecule has 1 saturated heterocycles. The van der Waals surface area contributed by atoms with Crippen LogP contribution in [0.1, 0.15) is 36.1 Å². The molecule has 4 atom stereocenters. The number of carbonyl (C=O) groups is 1. The first-order valence-electron chi connectivity index (χ1n) is 13.9. The van der Waals surface area contributed by atoms with Crippen LogP contribution in [0.3, 0.4) is 0 Å². The first-order valence-corrected chi connectivity index (χ1v) is 13.9. The van der Waals surface area contributed by atoms with E-state index in [9.17, 15) is 27.5 Å². The molecule has 43 heavy (non-hydrogen) atoms. The number of nitrogens with zero attached hydrogens (tertiary/aromatic N) is 3. The predicted octanol–water partition coefficient (Wildman–Crippen LogP) is 5.59. The van der Waals surface area contributed by atoms with E-state index in [2.05, 4.69) is 9.72 Å². The lowest BCUT2D eigenvalue weighted by atomic mass is 10.00. The number of hydrogen-bond acceptors (Lipinski definition) is 6. The maximum atomic E-state index is 16.7. The van der Waals surface area contributed by atoms with Crippen molar-refractivity contribution in [3.8, 4) is 17.0 Å². The second-order valence-corrected chi connectivity index (χ2v) is 11.4. The van der Waals surface area contributed by atoms with E-state index in [0.717, 1.165) is 30.2 Å². The van der Waals surface area contributed by atoms with E-state index in [-0.39, 0.29) is 54.8 Å². The topological polar surface area (TPSA) is 112 Å². The van der Waals surface area contributed by atoms with Gasteiger partial charge in [-0.2, -0.15) is 0 Å². The van der Waals surface area contributed by atoms with Gasteiger partial charge in [0, 0.05) is 41.6 Å². The SMILES string of the molecule is Nc1cc(F)c(OC(F)(F)F)c(-c2ncc3c4c(n(C5CC5)c3c2F)COC/C=C/COCC2C3C(CN2C(=O)O)C43)c1. The number of alkyl halides is 3. The van der Waals surface area contributed by atoms with E-state index in [1.54, 1.807) is 12.2 Å². The molecule has 1 amide bonds. The minimum absolute atomic E-state index is 0.0299. The number of pyridine rings is 1. The van der Waals surface area contributed by atoms with Crippen LogP contribution in [0.4, 0.5) is 32.4 Å². The first-order chi connectivity index (χ1) is 20.5. The lowest BCUT2D eigenvalue weighted by Gasteiger charge is -2.26. The Labute approximate surface area is 241 Å². The van der Waals surface area contributed by atoms with Gasteiger partial charge in [-0.25, -0.2) is 13.6 Å². The zero-order valence-corrected chi connectivity index (χ0v) is 22.6. The summed E-state index contributed by atoms with van der Waals surface area (Å²) in [7, 11) is 0. The van der Waals surface area contributed by atoms with Crippen molar-refractivity contribution in [3.05, 3.63) is 53.4 Å². The Morgan fingerprint density at radius 1 is 1.14 bits per heavy atom. The lowest BCUT2D eigenvalue weighted by molar-refractivity contribution is -0.275. The number of carboxylic acid groups (broad SMARTS) is 1. The van der Waals surface area contributed by atoms with E-state index in [0.29, 0.717) is 24.6 Å². The van der Waals surface area contributed by atoms with E-state index in [1.807, 2.05) is 4.57 Å². The zero-order valence-electron chi connectivity index (χ0n) is 22.6. The third-order valence-electron chi connectivity index (χ3n) is 8.76. The molecule has 1 aromatic carbocycles. The highest BCUT2D eigenvalue weighted by molar-refractivity contribution is 5.91. The van der Waals surface area contributed by atoms with Crippen molar-refractivity contribution < 1.29 is 46.1 Å². The number of benzene rings is 1. The fraction of sp³-hybridized carbons (Fsp3) is 0.448. The van der Waals surface area contributed by atoms with Crippen molar-refractivity contribution in [1.29, 1.82) is 0 Å². The number of ether oxygens (including phenoxy) is 3. The van der Waals surface area contributed by atoms with Gasteiger partial charge in [0.25, 0.3) is 0 Å². The number of hydrogen-bond donors (Lipinski definition) is 2. The summed E-state index contributed by atoms with van der Waals surface area (Å²) in [5.74, 6) is -3.80. The van der Waals surface area contributed by atoms with Crippen molar-refractivity contribution >= 4 is 22.7 Å². The van der Waals surface area contributed by atoms with Gasteiger partial charge in [0.1, 0.15) is 5.69 Å². The maximum Gasteiger partial charge on any atom is 0.573 e. The highest BCUT2D eigenvalue weighted by Gasteiger charge is 2.64. The van der Waals surface area contributed by atoms with E-state index in [4.69, 9.17) is 15.2 Å². The molecule has 0 radical (unpaired) electrons. The monoisotopic (exact) mass is 606 g/mol. The van der Waals surface area contributed by atoms with Crippen molar-refractivity contribution in [2.45, 2.75) is 43.8 Å². The number of anilines is 1. The molecular formula is C29H27F5N4O5. The molecule has 4 heterocycles. The molecule has 2 aliphatic carbocycles. The molecule has 3 N–H and O–H groups in total. The van der Waals surface area contributed by atoms with Crippen molar-refractivity contribution in [2.75, 3.05) is 32.1 Å². The summed E-state index contributed by atoms with van der Waals surface area (Å²) in [4.78, 5) is 17.6. The van der Waals surface area contributed by atoms with Gasteiger partial charge < -0.3 is 34.5 Å². The molecule has 14 heteroatoms. The minimum Gasteiger partial charge on any atom is -0.465 e. The molecule has 3 aromatic rings. The third-order valence-corrected chi connectivity index (χ3v) is 8.76. The summed E-state index contributed by atoms with van der Waals surface area (Å²) in [6.45, 7) is 1.18. The van der Waals surface area contributed by atoms with Gasteiger partial charge in [0.2, 0.25) is 0 Å². The second-order valence-electron chi connectivity index (χ2n) is 11.4. The largest absolute Gasteiger partial charge is 0.573 e. The molecule has 4 unspecified atom stereocenters. The van der Waals surface area contributed by atoms with Gasteiger partial charge in [0.15, 0.2) is 17.4 Å². The minimum atomic E-state index is -5.25. The quantitative estimate of drug-likeness (QED) is 0.227. The normalized spacial score (nSPS) is 26.2. The van der Waals surface area contributed by atoms with Gasteiger partial charge >= 0.3 is 12.5 Å². The van der Waals surface area contributed by atoms with Gasteiger partial charge in [-0.15, -0.1) is 13.2 Å². The Morgan fingerprint density at radius 2 is 1.88 bits per heavy atom. The number of fused-ring (bicyclic) bond motifs is 5. The molecule has 7 rings (SSSR count). The standard InChI is InChI=1S/C29H27F5N4O5/c30-18-8-13(35)7-15(27(18)43-29(32,33)34)25-24(31)26-16(9-36-25)21-20(38(26)14-3-4-14)12-42-6-2-1-5-41-11-19-22-17(23(21)22)10-37(19)28(39)40/h1-2,7-9,14,17,19,22-23H,3-6,10-12,35H2,(H,39,40)/b2-1+. The van der Waals surface area contributed by atoms with Crippen molar-refractivity contribution in [1.82, 2.24) is 14.5 Å². The highest BCUT2D eigenvalue weighted by Crippen LogP contribution is 2.64. The summed E-state index contributed by atoms with van der Waals surface area (Å²) < 4.78 is 88.6. The summed E-state index contributed by atoms with van der Waals surface area (Å²) in [5.41, 5.74) is 6.04. The van der Waals surface area contributed by atoms with Crippen LogP contribution < -0.4 is 10.5 Å². The van der Waals surface area contributed by atoms with Crippen molar-refractivity contribution in [3.63, 3.8) is 0 Å². The average Bonchev–Trinajstić information content (AvgIpc) is 3.83. The Balaban J connectivity index is 1.42. The van der Waals surface area contributed by atoms with Crippen LogP contribution in [0.25, 0.3) is 22.2 Å². The number of amides is 1. The zero-order chi connectivity index (χ0) is 30.2. The number of nitrogens with two attached hydrogens (primary N) is 1. The summed E-state index contributed by atoms with van der Waals surface area (Å²) in [6.07, 6.45) is 0.183. The van der Waals surface area contributed by atoms with Crippen LogP contribution in [0.2, 0.25) is 0 Å². The summed E-state index contributed by atoms with van der Waals surface area (Å²) >= 11 is 0. The number of likely N-dealkylation sites (tertiary alicyclic amines) is 1.